The number of amides is 2. The van der Waals surface area contributed by atoms with Gasteiger partial charge in [-0.1, -0.05) is 29.8 Å². The van der Waals surface area contributed by atoms with Crippen LogP contribution < -0.4 is 16.0 Å². The maximum Gasteiger partial charge on any atom is 0.222 e. The number of rotatable bonds is 6. The third-order valence-corrected chi connectivity index (χ3v) is 3.95. The van der Waals surface area contributed by atoms with Crippen molar-refractivity contribution >= 4 is 11.8 Å². The molecule has 5 heteroatoms. The number of aryl methyl sites for hydroxylation is 1. The summed E-state index contributed by atoms with van der Waals surface area (Å²) in [6.07, 6.45) is 2.53. The van der Waals surface area contributed by atoms with Gasteiger partial charge in [0.05, 0.1) is 12.5 Å². The molecule has 0 bridgehead atoms. The molecule has 0 radical (unpaired) electrons. The first-order valence-corrected chi connectivity index (χ1v) is 7.88. The smallest absolute Gasteiger partial charge is 0.222 e. The largest absolute Gasteiger partial charge is 0.354 e. The van der Waals surface area contributed by atoms with Crippen LogP contribution in [0.4, 0.5) is 0 Å². The molecule has 1 fully saturated rings. The lowest BCUT2D eigenvalue weighted by molar-refractivity contribution is -0.122. The Kier molecular flexibility index (Phi) is 5.95. The van der Waals surface area contributed by atoms with Gasteiger partial charge in [-0.15, -0.1) is 0 Å². The molecule has 120 valence electrons. The number of benzene rings is 1. The van der Waals surface area contributed by atoms with E-state index in [1.807, 2.05) is 31.2 Å². The fraction of sp³-hybridized carbons (Fsp3) is 0.529. The summed E-state index contributed by atoms with van der Waals surface area (Å²) in [5.41, 5.74) is 2.11. The zero-order valence-electron chi connectivity index (χ0n) is 13.3. The highest BCUT2D eigenvalue weighted by molar-refractivity contribution is 5.79. The van der Waals surface area contributed by atoms with E-state index in [0.29, 0.717) is 12.6 Å². The lowest BCUT2D eigenvalue weighted by Crippen LogP contribution is -2.39. The van der Waals surface area contributed by atoms with Crippen molar-refractivity contribution in [2.75, 3.05) is 13.1 Å². The molecule has 1 aliphatic heterocycles. The van der Waals surface area contributed by atoms with Crippen LogP contribution in [-0.4, -0.2) is 30.9 Å². The third-order valence-electron chi connectivity index (χ3n) is 3.95. The molecule has 1 heterocycles. The molecule has 2 amide bonds. The summed E-state index contributed by atoms with van der Waals surface area (Å²) in [7, 11) is 0. The van der Waals surface area contributed by atoms with E-state index in [4.69, 9.17) is 0 Å². The molecule has 0 aromatic heterocycles. The molecule has 3 N–H and O–H groups in total. The van der Waals surface area contributed by atoms with Crippen molar-refractivity contribution in [3.8, 4) is 0 Å². The maximum atomic E-state index is 12.1. The SMILES string of the molecule is CC(=O)NC(CC(=O)NCC1CCCN1)c1ccc(C)cc1. The second-order valence-electron chi connectivity index (χ2n) is 5.97. The Hall–Kier alpha value is -1.88. The summed E-state index contributed by atoms with van der Waals surface area (Å²) in [6.45, 7) is 5.16. The fourth-order valence-electron chi connectivity index (χ4n) is 2.72. The molecule has 0 aliphatic carbocycles. The lowest BCUT2D eigenvalue weighted by Gasteiger charge is -2.19. The highest BCUT2D eigenvalue weighted by atomic mass is 16.2. The summed E-state index contributed by atoms with van der Waals surface area (Å²) in [5, 5.41) is 9.17. The minimum absolute atomic E-state index is 0.0342. The molecule has 1 saturated heterocycles. The van der Waals surface area contributed by atoms with Gasteiger partial charge in [-0.05, 0) is 31.9 Å². The summed E-state index contributed by atoms with van der Waals surface area (Å²) >= 11 is 0. The van der Waals surface area contributed by atoms with Crippen LogP contribution in [0.3, 0.4) is 0 Å². The molecule has 1 aliphatic rings. The number of hydrogen-bond donors (Lipinski definition) is 3. The zero-order valence-corrected chi connectivity index (χ0v) is 13.3. The van der Waals surface area contributed by atoms with E-state index in [9.17, 15) is 9.59 Å². The Balaban J connectivity index is 1.91. The second-order valence-corrected chi connectivity index (χ2v) is 5.97. The Morgan fingerprint density at radius 1 is 1.32 bits per heavy atom. The highest BCUT2D eigenvalue weighted by Crippen LogP contribution is 2.17. The Morgan fingerprint density at radius 3 is 2.64 bits per heavy atom. The third kappa shape index (κ3) is 5.15. The number of carbonyl (C=O) groups is 2. The van der Waals surface area contributed by atoms with Crippen molar-refractivity contribution < 1.29 is 9.59 Å². The lowest BCUT2D eigenvalue weighted by atomic mass is 10.0. The van der Waals surface area contributed by atoms with Crippen LogP contribution in [-0.2, 0) is 9.59 Å². The first kappa shape index (κ1) is 16.5. The number of nitrogens with one attached hydrogen (secondary N) is 3. The molecule has 1 aromatic carbocycles. The van der Waals surface area contributed by atoms with Crippen LogP contribution in [0, 0.1) is 6.92 Å². The average Bonchev–Trinajstić information content (AvgIpc) is 2.98. The molecule has 22 heavy (non-hydrogen) atoms. The normalized spacial score (nSPS) is 18.7. The molecule has 5 nitrogen and oxygen atoms in total. The Labute approximate surface area is 131 Å². The van der Waals surface area contributed by atoms with Gasteiger partial charge < -0.3 is 16.0 Å². The molecule has 0 saturated carbocycles. The standard InChI is InChI=1S/C17H25N3O2/c1-12-5-7-14(8-6-12)16(20-13(2)21)10-17(22)19-11-15-4-3-9-18-15/h5-8,15-16,18H,3-4,9-11H2,1-2H3,(H,19,22)(H,20,21). The predicted octanol–water partition coefficient (Wildman–Crippen LogP) is 1.43. The minimum atomic E-state index is -0.283. The van der Waals surface area contributed by atoms with Gasteiger partial charge in [0.25, 0.3) is 0 Å². The summed E-state index contributed by atoms with van der Waals surface area (Å²) in [4.78, 5) is 23.5. The minimum Gasteiger partial charge on any atom is -0.354 e. The van der Waals surface area contributed by atoms with Gasteiger partial charge in [0.15, 0.2) is 0 Å². The molecule has 2 rings (SSSR count). The summed E-state index contributed by atoms with van der Waals surface area (Å²) < 4.78 is 0. The summed E-state index contributed by atoms with van der Waals surface area (Å²) in [5.74, 6) is -0.163. The fourth-order valence-corrected chi connectivity index (χ4v) is 2.72. The number of carbonyl (C=O) groups excluding carboxylic acids is 2. The maximum absolute atomic E-state index is 12.1. The van der Waals surface area contributed by atoms with Crippen molar-refractivity contribution in [2.45, 2.75) is 45.2 Å². The van der Waals surface area contributed by atoms with Gasteiger partial charge >= 0.3 is 0 Å². The van der Waals surface area contributed by atoms with E-state index in [0.717, 1.165) is 24.1 Å². The number of hydrogen-bond acceptors (Lipinski definition) is 3. The molecular weight excluding hydrogens is 278 g/mol. The first-order chi connectivity index (χ1) is 10.5. The first-order valence-electron chi connectivity index (χ1n) is 7.88. The quantitative estimate of drug-likeness (QED) is 0.744. The van der Waals surface area contributed by atoms with Crippen molar-refractivity contribution in [1.29, 1.82) is 0 Å². The van der Waals surface area contributed by atoms with Crippen molar-refractivity contribution in [2.24, 2.45) is 0 Å². The van der Waals surface area contributed by atoms with E-state index < -0.39 is 0 Å². The zero-order chi connectivity index (χ0) is 15.9. The second kappa shape index (κ2) is 7.94. The average molecular weight is 303 g/mol. The van der Waals surface area contributed by atoms with Gasteiger partial charge in [0.2, 0.25) is 11.8 Å². The van der Waals surface area contributed by atoms with Crippen LogP contribution in [0.25, 0.3) is 0 Å². The monoisotopic (exact) mass is 303 g/mol. The molecule has 2 atom stereocenters. The van der Waals surface area contributed by atoms with E-state index >= 15 is 0 Å². The highest BCUT2D eigenvalue weighted by Gasteiger charge is 2.19. The van der Waals surface area contributed by atoms with E-state index in [1.54, 1.807) is 0 Å². The van der Waals surface area contributed by atoms with E-state index in [1.165, 1.54) is 13.3 Å². The van der Waals surface area contributed by atoms with Gasteiger partial charge in [0.1, 0.15) is 0 Å². The van der Waals surface area contributed by atoms with Crippen LogP contribution in [0.5, 0.6) is 0 Å². The van der Waals surface area contributed by atoms with Gasteiger partial charge in [-0.2, -0.15) is 0 Å². The van der Waals surface area contributed by atoms with Crippen molar-refractivity contribution in [3.05, 3.63) is 35.4 Å². The van der Waals surface area contributed by atoms with E-state index in [2.05, 4.69) is 16.0 Å². The molecule has 0 spiro atoms. The molecular formula is C17H25N3O2. The molecule has 2 unspecified atom stereocenters. The van der Waals surface area contributed by atoms with Gasteiger partial charge in [-0.3, -0.25) is 9.59 Å². The van der Waals surface area contributed by atoms with Crippen LogP contribution in [0.15, 0.2) is 24.3 Å². The Bertz CT molecular complexity index is 507. The van der Waals surface area contributed by atoms with Crippen LogP contribution in [0.2, 0.25) is 0 Å². The van der Waals surface area contributed by atoms with Gasteiger partial charge in [0, 0.05) is 19.5 Å². The van der Waals surface area contributed by atoms with Gasteiger partial charge in [-0.25, -0.2) is 0 Å². The summed E-state index contributed by atoms with van der Waals surface area (Å²) in [6, 6.07) is 8.00. The van der Waals surface area contributed by atoms with Crippen molar-refractivity contribution in [1.82, 2.24) is 16.0 Å². The molecule has 1 aromatic rings. The topological polar surface area (TPSA) is 70.2 Å². The van der Waals surface area contributed by atoms with E-state index in [-0.39, 0.29) is 24.3 Å². The van der Waals surface area contributed by atoms with Crippen molar-refractivity contribution in [3.63, 3.8) is 0 Å². The predicted molar refractivity (Wildman–Crippen MR) is 86.4 cm³/mol. The van der Waals surface area contributed by atoms with Crippen LogP contribution in [0.1, 0.15) is 43.4 Å². The Morgan fingerprint density at radius 2 is 2.05 bits per heavy atom. The van der Waals surface area contributed by atoms with Crippen LogP contribution >= 0.6 is 0 Å².